The van der Waals surface area contributed by atoms with Crippen LogP contribution < -0.4 is 5.32 Å². The first-order chi connectivity index (χ1) is 11.5. The summed E-state index contributed by atoms with van der Waals surface area (Å²) in [5.74, 6) is -0.147. The highest BCUT2D eigenvalue weighted by atomic mass is 79.9. The second kappa shape index (κ2) is 8.64. The van der Waals surface area contributed by atoms with Gasteiger partial charge in [0.1, 0.15) is 0 Å². The van der Waals surface area contributed by atoms with Gasteiger partial charge in [0.25, 0.3) is 0 Å². The molecular formula is C19H21BrN2O2. The Morgan fingerprint density at radius 3 is 2.38 bits per heavy atom. The van der Waals surface area contributed by atoms with E-state index >= 15 is 0 Å². The van der Waals surface area contributed by atoms with Crippen LogP contribution in [0, 0.1) is 0 Å². The number of nitrogens with one attached hydrogen (secondary N) is 1. The summed E-state index contributed by atoms with van der Waals surface area (Å²) in [6.07, 6.45) is 0.378. The molecule has 126 valence electrons. The van der Waals surface area contributed by atoms with Gasteiger partial charge < -0.3 is 10.2 Å². The van der Waals surface area contributed by atoms with E-state index in [1.165, 1.54) is 4.90 Å². The molecule has 2 amide bonds. The van der Waals surface area contributed by atoms with Crippen molar-refractivity contribution < 1.29 is 9.59 Å². The molecule has 2 aromatic carbocycles. The van der Waals surface area contributed by atoms with Crippen molar-refractivity contribution in [3.63, 3.8) is 0 Å². The number of amides is 2. The Bertz CT molecular complexity index is 704. The SMILES string of the molecule is CC(CC(=O)N(C)CC(=O)Nc1ccccc1Br)c1ccccc1. The van der Waals surface area contributed by atoms with E-state index in [4.69, 9.17) is 0 Å². The monoisotopic (exact) mass is 388 g/mol. The first-order valence-electron chi connectivity index (χ1n) is 7.80. The zero-order chi connectivity index (χ0) is 17.5. The Morgan fingerprint density at radius 1 is 1.08 bits per heavy atom. The molecule has 0 radical (unpaired) electrons. The molecule has 5 heteroatoms. The molecule has 0 fully saturated rings. The normalized spacial score (nSPS) is 11.6. The Kier molecular flexibility index (Phi) is 6.55. The van der Waals surface area contributed by atoms with Gasteiger partial charge in [-0.25, -0.2) is 0 Å². The molecule has 0 aliphatic heterocycles. The molecule has 0 spiro atoms. The fourth-order valence-corrected chi connectivity index (χ4v) is 2.76. The third-order valence-corrected chi connectivity index (χ3v) is 4.50. The number of carbonyl (C=O) groups excluding carboxylic acids is 2. The third-order valence-electron chi connectivity index (χ3n) is 3.80. The Balaban J connectivity index is 1.87. The van der Waals surface area contributed by atoms with Crippen molar-refractivity contribution in [1.82, 2.24) is 4.90 Å². The van der Waals surface area contributed by atoms with Crippen LogP contribution in [0.25, 0.3) is 0 Å². The summed E-state index contributed by atoms with van der Waals surface area (Å²) in [7, 11) is 1.65. The van der Waals surface area contributed by atoms with Crippen molar-refractivity contribution >= 4 is 33.4 Å². The van der Waals surface area contributed by atoms with Crippen molar-refractivity contribution in [1.29, 1.82) is 0 Å². The lowest BCUT2D eigenvalue weighted by Gasteiger charge is -2.19. The molecule has 2 rings (SSSR count). The van der Waals surface area contributed by atoms with Crippen molar-refractivity contribution in [3.05, 3.63) is 64.6 Å². The predicted molar refractivity (Wildman–Crippen MR) is 99.9 cm³/mol. The highest BCUT2D eigenvalue weighted by molar-refractivity contribution is 9.10. The Morgan fingerprint density at radius 2 is 1.71 bits per heavy atom. The molecule has 4 nitrogen and oxygen atoms in total. The average Bonchev–Trinajstić information content (AvgIpc) is 2.57. The smallest absolute Gasteiger partial charge is 0.244 e. The number of anilines is 1. The second-order valence-corrected chi connectivity index (χ2v) is 6.65. The molecule has 0 bridgehead atoms. The number of rotatable bonds is 6. The van der Waals surface area contributed by atoms with Crippen molar-refractivity contribution in [2.45, 2.75) is 19.3 Å². The third kappa shape index (κ3) is 5.20. The lowest BCUT2D eigenvalue weighted by Crippen LogP contribution is -2.35. The van der Waals surface area contributed by atoms with E-state index in [-0.39, 0.29) is 24.3 Å². The first-order valence-corrected chi connectivity index (χ1v) is 8.60. The van der Waals surface area contributed by atoms with Gasteiger partial charge in [-0.3, -0.25) is 9.59 Å². The van der Waals surface area contributed by atoms with E-state index in [0.29, 0.717) is 12.1 Å². The van der Waals surface area contributed by atoms with Crippen LogP contribution in [0.4, 0.5) is 5.69 Å². The summed E-state index contributed by atoms with van der Waals surface area (Å²) in [5, 5.41) is 2.80. The predicted octanol–water partition coefficient (Wildman–Crippen LogP) is 4.04. The number of hydrogen-bond acceptors (Lipinski definition) is 2. The van der Waals surface area contributed by atoms with E-state index in [2.05, 4.69) is 21.2 Å². The van der Waals surface area contributed by atoms with Crippen LogP contribution in [0.1, 0.15) is 24.8 Å². The number of benzene rings is 2. The van der Waals surface area contributed by atoms with Gasteiger partial charge in [0, 0.05) is 17.9 Å². The Labute approximate surface area is 151 Å². The van der Waals surface area contributed by atoms with Crippen LogP contribution >= 0.6 is 15.9 Å². The maximum absolute atomic E-state index is 12.3. The molecular weight excluding hydrogens is 368 g/mol. The molecule has 24 heavy (non-hydrogen) atoms. The van der Waals surface area contributed by atoms with Crippen molar-refractivity contribution in [2.24, 2.45) is 0 Å². The molecule has 0 aromatic heterocycles. The van der Waals surface area contributed by atoms with Gasteiger partial charge in [-0.05, 0) is 39.5 Å². The zero-order valence-corrected chi connectivity index (χ0v) is 15.4. The minimum absolute atomic E-state index is 0.0294. The molecule has 0 aliphatic rings. The van der Waals surface area contributed by atoms with E-state index in [0.717, 1.165) is 10.0 Å². The van der Waals surface area contributed by atoms with Crippen LogP contribution in [0.3, 0.4) is 0 Å². The van der Waals surface area contributed by atoms with E-state index in [9.17, 15) is 9.59 Å². The van der Waals surface area contributed by atoms with Gasteiger partial charge in [-0.1, -0.05) is 49.4 Å². The second-order valence-electron chi connectivity index (χ2n) is 5.79. The fraction of sp³-hybridized carbons (Fsp3) is 0.263. The van der Waals surface area contributed by atoms with Gasteiger partial charge in [0.05, 0.1) is 12.2 Å². The summed E-state index contributed by atoms with van der Waals surface area (Å²) >= 11 is 3.38. The molecule has 0 aliphatic carbocycles. The number of halogens is 1. The largest absolute Gasteiger partial charge is 0.336 e. The van der Waals surface area contributed by atoms with Crippen molar-refractivity contribution in [3.8, 4) is 0 Å². The average molecular weight is 389 g/mol. The fourth-order valence-electron chi connectivity index (χ4n) is 2.37. The highest BCUT2D eigenvalue weighted by Gasteiger charge is 2.17. The van der Waals surface area contributed by atoms with Crippen LogP contribution in [0.2, 0.25) is 0 Å². The van der Waals surface area contributed by atoms with Crippen LogP contribution in [-0.4, -0.2) is 30.3 Å². The summed E-state index contributed by atoms with van der Waals surface area (Å²) in [6.45, 7) is 2.05. The van der Waals surface area contributed by atoms with Gasteiger partial charge in [-0.15, -0.1) is 0 Å². The topological polar surface area (TPSA) is 49.4 Å². The van der Waals surface area contributed by atoms with E-state index in [1.54, 1.807) is 13.1 Å². The van der Waals surface area contributed by atoms with Crippen LogP contribution in [0.15, 0.2) is 59.1 Å². The van der Waals surface area contributed by atoms with Crippen molar-refractivity contribution in [2.75, 3.05) is 18.9 Å². The lowest BCUT2D eigenvalue weighted by atomic mass is 9.97. The quantitative estimate of drug-likeness (QED) is 0.811. The van der Waals surface area contributed by atoms with E-state index < -0.39 is 0 Å². The van der Waals surface area contributed by atoms with Gasteiger partial charge in [0.2, 0.25) is 11.8 Å². The molecule has 0 heterocycles. The lowest BCUT2D eigenvalue weighted by molar-refractivity contribution is -0.133. The van der Waals surface area contributed by atoms with Crippen LogP contribution in [-0.2, 0) is 9.59 Å². The molecule has 1 N–H and O–H groups in total. The van der Waals surface area contributed by atoms with Gasteiger partial charge >= 0.3 is 0 Å². The maximum Gasteiger partial charge on any atom is 0.244 e. The number of carbonyl (C=O) groups is 2. The Hall–Kier alpha value is -2.14. The minimum atomic E-state index is -0.217. The summed E-state index contributed by atoms with van der Waals surface area (Å²) in [4.78, 5) is 25.9. The minimum Gasteiger partial charge on any atom is -0.336 e. The molecule has 0 saturated carbocycles. The van der Waals surface area contributed by atoms with Crippen LogP contribution in [0.5, 0.6) is 0 Å². The first kappa shape index (κ1) is 18.2. The number of likely N-dealkylation sites (N-methyl/N-ethyl adjacent to an activating group) is 1. The summed E-state index contributed by atoms with van der Waals surface area (Å²) < 4.78 is 0.810. The molecule has 1 atom stereocenters. The summed E-state index contributed by atoms with van der Waals surface area (Å²) in [5.41, 5.74) is 1.82. The molecule has 1 unspecified atom stereocenters. The number of nitrogens with zero attached hydrogens (tertiary/aromatic N) is 1. The molecule has 2 aromatic rings. The maximum atomic E-state index is 12.3. The number of hydrogen-bond donors (Lipinski definition) is 1. The summed E-state index contributed by atoms with van der Waals surface area (Å²) in [6, 6.07) is 17.3. The van der Waals surface area contributed by atoms with Gasteiger partial charge in [0.15, 0.2) is 0 Å². The van der Waals surface area contributed by atoms with E-state index in [1.807, 2.05) is 55.5 Å². The number of para-hydroxylation sites is 1. The zero-order valence-electron chi connectivity index (χ0n) is 13.8. The highest BCUT2D eigenvalue weighted by Crippen LogP contribution is 2.21. The standard InChI is InChI=1S/C19H21BrN2O2/c1-14(15-8-4-3-5-9-15)12-19(24)22(2)13-18(23)21-17-11-7-6-10-16(17)20/h3-11,14H,12-13H2,1-2H3,(H,21,23). The van der Waals surface area contributed by atoms with Gasteiger partial charge in [-0.2, -0.15) is 0 Å². The molecule has 0 saturated heterocycles.